The monoisotopic (exact) mass is 502 g/mol. The summed E-state index contributed by atoms with van der Waals surface area (Å²) in [5.41, 5.74) is 1.18. The van der Waals surface area contributed by atoms with Crippen LogP contribution in [0.1, 0.15) is 52.9 Å². The highest BCUT2D eigenvalue weighted by Crippen LogP contribution is 2.28. The van der Waals surface area contributed by atoms with Crippen LogP contribution in [0.25, 0.3) is 0 Å². The average Bonchev–Trinajstić information content (AvgIpc) is 2.69. The Hall–Kier alpha value is -1.33. The van der Waals surface area contributed by atoms with Crippen LogP contribution in [-0.4, -0.2) is 28.6 Å². The van der Waals surface area contributed by atoms with Crippen molar-refractivity contribution in [2.75, 3.05) is 0 Å². The molecule has 2 heterocycles. The lowest BCUT2D eigenvalue weighted by Gasteiger charge is -2.23. The molecule has 2 N–H and O–H groups in total. The number of rotatable bonds is 10. The predicted octanol–water partition coefficient (Wildman–Crippen LogP) is 3.43. The van der Waals surface area contributed by atoms with Gasteiger partial charge in [-0.25, -0.2) is 14.5 Å². The van der Waals surface area contributed by atoms with Crippen molar-refractivity contribution in [1.82, 2.24) is 19.4 Å². The van der Waals surface area contributed by atoms with Crippen LogP contribution in [0.5, 0.6) is 11.8 Å². The molecular weight excluding hydrogens is 471 g/mol. The number of pyridine rings is 2. The fraction of sp³-hybridized carbons (Fsp3) is 0.500. The smallest absolute Gasteiger partial charge is 0.421 e. The zero-order valence-corrected chi connectivity index (χ0v) is 21.8. The third-order valence-electron chi connectivity index (χ3n) is 3.82. The van der Waals surface area contributed by atoms with Crippen molar-refractivity contribution < 1.29 is 22.7 Å². The topological polar surface area (TPSA) is 131 Å². The summed E-state index contributed by atoms with van der Waals surface area (Å²) in [5, 5.41) is 0. The number of hydrogen-bond donors (Lipinski definition) is 2. The number of aromatic nitrogens is 2. The summed E-state index contributed by atoms with van der Waals surface area (Å²) in [5.74, 6) is 0.265. The first-order chi connectivity index (χ1) is 14.8. The summed E-state index contributed by atoms with van der Waals surface area (Å²) in [6.45, 7) is 11.8. The maximum absolute atomic E-state index is 12.3. The molecule has 2 aromatic heterocycles. The van der Waals surface area contributed by atoms with Gasteiger partial charge in [-0.1, -0.05) is 12.1 Å². The van der Waals surface area contributed by atoms with Crippen LogP contribution >= 0.6 is 8.25 Å². The first-order valence-electron chi connectivity index (χ1n) is 9.97. The molecular formula is C20H31N4O5PS2. The molecule has 0 aliphatic carbocycles. The van der Waals surface area contributed by atoms with Gasteiger partial charge >= 0.3 is 8.25 Å². The van der Waals surface area contributed by atoms with Crippen molar-refractivity contribution in [2.24, 2.45) is 0 Å². The molecule has 32 heavy (non-hydrogen) atoms. The zero-order chi connectivity index (χ0) is 23.9. The van der Waals surface area contributed by atoms with Crippen molar-refractivity contribution >= 4 is 31.0 Å². The van der Waals surface area contributed by atoms with Crippen LogP contribution < -0.4 is 18.5 Å². The van der Waals surface area contributed by atoms with E-state index in [9.17, 15) is 13.7 Å². The van der Waals surface area contributed by atoms with E-state index in [0.717, 1.165) is 0 Å². The highest BCUT2D eigenvalue weighted by molar-refractivity contribution is 7.91. The molecule has 0 bridgehead atoms. The molecule has 2 aromatic rings. The first-order valence-corrected chi connectivity index (χ1v) is 13.5. The Morgan fingerprint density at radius 2 is 1.19 bits per heavy atom. The molecule has 2 unspecified atom stereocenters. The van der Waals surface area contributed by atoms with Gasteiger partial charge in [0, 0.05) is 34.9 Å². The Kier molecular flexibility index (Phi) is 9.84. The van der Waals surface area contributed by atoms with E-state index in [1.54, 1.807) is 36.4 Å². The molecule has 0 saturated heterocycles. The van der Waals surface area contributed by atoms with Gasteiger partial charge < -0.3 is 18.2 Å². The Balaban J connectivity index is 1.91. The second-order valence-corrected chi connectivity index (χ2v) is 13.8. The standard InChI is InChI=1S/C20H31N4O5PS2/c1-19(2,3)31(26)21-13-15-9-7-11-17(23-15)28-30(25)29-18-12-8-10-16(24-18)14-22-32(27)20(4,5)6/h7-12,21-22,30H,13-14H2,1-6H3. The lowest BCUT2D eigenvalue weighted by Crippen LogP contribution is -2.39. The van der Waals surface area contributed by atoms with E-state index in [0.29, 0.717) is 11.4 Å². The quantitative estimate of drug-likeness (QED) is 0.370. The molecule has 0 saturated carbocycles. The highest BCUT2D eigenvalue weighted by atomic mass is 32.2. The third kappa shape index (κ3) is 9.27. The molecule has 0 aromatic carbocycles. The predicted molar refractivity (Wildman–Crippen MR) is 128 cm³/mol. The van der Waals surface area contributed by atoms with E-state index in [2.05, 4.69) is 19.4 Å². The van der Waals surface area contributed by atoms with Crippen LogP contribution in [0.3, 0.4) is 0 Å². The van der Waals surface area contributed by atoms with Crippen LogP contribution in [0.4, 0.5) is 0 Å². The van der Waals surface area contributed by atoms with Gasteiger partial charge in [0.25, 0.3) is 0 Å². The second-order valence-electron chi connectivity index (χ2n) is 8.79. The SMILES string of the molecule is CC(C)(C)[S+]([O-])NCc1cccc(O[PH](=O)Oc2cccc(CN[S+]([O-])C(C)(C)C)n2)n1. The average molecular weight is 503 g/mol. The van der Waals surface area contributed by atoms with E-state index >= 15 is 0 Å². The van der Waals surface area contributed by atoms with Gasteiger partial charge in [0.1, 0.15) is 9.49 Å². The maximum Gasteiger partial charge on any atom is 0.421 e. The number of nitrogens with zero attached hydrogens (tertiary/aromatic N) is 2. The van der Waals surface area contributed by atoms with Crippen LogP contribution in [0, 0.1) is 0 Å². The molecule has 0 amide bonds. The van der Waals surface area contributed by atoms with Gasteiger partial charge in [-0.3, -0.25) is 0 Å². The first kappa shape index (κ1) is 26.9. The molecule has 0 fully saturated rings. The minimum absolute atomic E-state index is 0.133. The van der Waals surface area contributed by atoms with Gasteiger partial charge in [-0.15, -0.1) is 9.44 Å². The fourth-order valence-electron chi connectivity index (χ4n) is 2.13. The molecule has 9 nitrogen and oxygen atoms in total. The minimum Gasteiger partial charge on any atom is -0.598 e. The normalized spacial score (nSPS) is 15.1. The molecule has 12 heteroatoms. The van der Waals surface area contributed by atoms with Gasteiger partial charge in [-0.05, 0) is 53.7 Å². The van der Waals surface area contributed by atoms with Gasteiger partial charge in [0.05, 0.1) is 24.5 Å². The van der Waals surface area contributed by atoms with E-state index in [4.69, 9.17) is 9.05 Å². The molecule has 2 rings (SSSR count). The number of hydrogen-bond acceptors (Lipinski definition) is 9. The second kappa shape index (κ2) is 11.7. The minimum atomic E-state index is -2.97. The lowest BCUT2D eigenvalue weighted by molar-refractivity contribution is 0.402. The highest BCUT2D eigenvalue weighted by Gasteiger charge is 2.27. The van der Waals surface area contributed by atoms with Crippen molar-refractivity contribution in [3.05, 3.63) is 47.8 Å². The molecule has 2 atom stereocenters. The van der Waals surface area contributed by atoms with Crippen molar-refractivity contribution in [3.8, 4) is 11.8 Å². The van der Waals surface area contributed by atoms with E-state index in [1.807, 2.05) is 41.5 Å². The zero-order valence-electron chi connectivity index (χ0n) is 19.1. The number of nitrogens with one attached hydrogen (secondary N) is 2. The van der Waals surface area contributed by atoms with Crippen LogP contribution in [0.15, 0.2) is 36.4 Å². The molecule has 0 aliphatic heterocycles. The van der Waals surface area contributed by atoms with E-state index < -0.39 is 40.5 Å². The van der Waals surface area contributed by atoms with Gasteiger partial charge in [0.2, 0.25) is 11.8 Å². The Labute approximate surface area is 196 Å². The summed E-state index contributed by atoms with van der Waals surface area (Å²) >= 11 is -2.47. The van der Waals surface area contributed by atoms with Crippen molar-refractivity contribution in [3.63, 3.8) is 0 Å². The molecule has 0 spiro atoms. The fourth-order valence-corrected chi connectivity index (χ4v) is 4.16. The molecule has 0 radical (unpaired) electrons. The van der Waals surface area contributed by atoms with Gasteiger partial charge in [0.15, 0.2) is 0 Å². The van der Waals surface area contributed by atoms with E-state index in [-0.39, 0.29) is 24.8 Å². The Morgan fingerprint density at radius 3 is 1.53 bits per heavy atom. The summed E-state index contributed by atoms with van der Waals surface area (Å²) in [6, 6.07) is 10.0. The van der Waals surface area contributed by atoms with E-state index in [1.165, 1.54) is 0 Å². The van der Waals surface area contributed by atoms with Gasteiger partial charge in [-0.2, -0.15) is 0 Å². The largest absolute Gasteiger partial charge is 0.598 e. The summed E-state index contributed by atoms with van der Waals surface area (Å²) in [7, 11) is -2.97. The Morgan fingerprint density at radius 1 is 0.812 bits per heavy atom. The summed E-state index contributed by atoms with van der Waals surface area (Å²) in [6.07, 6.45) is 0. The van der Waals surface area contributed by atoms with Crippen molar-refractivity contribution in [1.29, 1.82) is 0 Å². The maximum atomic E-state index is 12.3. The lowest BCUT2D eigenvalue weighted by atomic mass is 10.3. The molecule has 0 aliphatic rings. The summed E-state index contributed by atoms with van der Waals surface area (Å²) in [4.78, 5) is 8.52. The Bertz CT molecular complexity index is 837. The van der Waals surface area contributed by atoms with Crippen LogP contribution in [0.2, 0.25) is 0 Å². The third-order valence-corrected chi connectivity index (χ3v) is 7.61. The van der Waals surface area contributed by atoms with Crippen molar-refractivity contribution in [2.45, 2.75) is 64.1 Å². The summed E-state index contributed by atoms with van der Waals surface area (Å²) < 4.78 is 52.2. The van der Waals surface area contributed by atoms with Crippen LogP contribution in [-0.2, 0) is 40.4 Å². The molecule has 178 valence electrons.